The van der Waals surface area contributed by atoms with Crippen molar-refractivity contribution in [3.63, 3.8) is 0 Å². The van der Waals surface area contributed by atoms with Gasteiger partial charge >= 0.3 is 12.1 Å². The molecule has 0 spiro atoms. The van der Waals surface area contributed by atoms with Crippen molar-refractivity contribution in [1.29, 1.82) is 0 Å². The van der Waals surface area contributed by atoms with Gasteiger partial charge in [-0.15, -0.1) is 0 Å². The van der Waals surface area contributed by atoms with Gasteiger partial charge < -0.3 is 14.6 Å². The minimum absolute atomic E-state index is 0. The predicted octanol–water partition coefficient (Wildman–Crippen LogP) is 2.26. The minimum Gasteiger partial charge on any atom is -0.480 e. The van der Waals surface area contributed by atoms with Crippen LogP contribution in [0.15, 0.2) is 0 Å². The van der Waals surface area contributed by atoms with E-state index in [1.54, 1.807) is 20.8 Å². The first kappa shape index (κ1) is 20.4. The summed E-state index contributed by atoms with van der Waals surface area (Å²) < 4.78 is 11.0. The number of nitrogens with zero attached hydrogens (tertiary/aromatic N) is 1. The van der Waals surface area contributed by atoms with Crippen molar-refractivity contribution < 1.29 is 45.2 Å². The van der Waals surface area contributed by atoms with Crippen LogP contribution in [0.2, 0.25) is 0 Å². The molecule has 0 aromatic heterocycles. The van der Waals surface area contributed by atoms with Gasteiger partial charge in [0, 0.05) is 27.5 Å². The number of rotatable bonds is 2. The number of carbonyl (C=O) groups excluding carboxylic acids is 1. The van der Waals surface area contributed by atoms with Crippen molar-refractivity contribution in [2.75, 3.05) is 6.54 Å². The predicted molar refractivity (Wildman–Crippen MR) is 73.6 cm³/mol. The van der Waals surface area contributed by atoms with Crippen LogP contribution in [-0.4, -0.2) is 52.0 Å². The average Bonchev–Trinajstić information content (AvgIpc) is 2.56. The maximum Gasteiger partial charge on any atom is 0.411 e. The summed E-state index contributed by atoms with van der Waals surface area (Å²) in [5.74, 6) is -1.03. The first-order chi connectivity index (χ1) is 8.89. The summed E-state index contributed by atoms with van der Waals surface area (Å²) in [6.07, 6.45) is -0.611. The Morgan fingerprint density at radius 1 is 1.10 bits per heavy atom. The molecule has 6 nitrogen and oxygen atoms in total. The Kier molecular flexibility index (Phi) is 6.89. The number of hydrogen-bond donors (Lipinski definition) is 1. The first-order valence-corrected chi connectivity index (χ1v) is 6.79. The molecule has 1 aliphatic heterocycles. The fourth-order valence-corrected chi connectivity index (χ4v) is 2.14. The molecule has 21 heavy (non-hydrogen) atoms. The Hall–Kier alpha value is -0.612. The van der Waals surface area contributed by atoms with E-state index in [0.717, 1.165) is 0 Å². The fraction of sp³-hybridized carbons (Fsp3) is 0.857. The monoisotopic (exact) mass is 385 g/mol. The fourth-order valence-electron chi connectivity index (χ4n) is 2.14. The number of ether oxygens (including phenoxy) is 2. The van der Waals surface area contributed by atoms with Gasteiger partial charge in [0.2, 0.25) is 0 Å². The van der Waals surface area contributed by atoms with Crippen LogP contribution in [0.25, 0.3) is 0 Å². The zero-order valence-corrected chi connectivity index (χ0v) is 15.5. The number of amides is 1. The SMILES string of the molecule is CC(C)(C)OC(=O)N1CC(OC(C)(C)C)CC1C(=O)O.[Mo]. The maximum absolute atomic E-state index is 12.1. The van der Waals surface area contributed by atoms with Crippen molar-refractivity contribution in [2.24, 2.45) is 0 Å². The molecule has 2 unspecified atom stereocenters. The summed E-state index contributed by atoms with van der Waals surface area (Å²) in [5.41, 5.74) is -1.03. The van der Waals surface area contributed by atoms with Gasteiger partial charge in [-0.2, -0.15) is 0 Å². The zero-order chi connectivity index (χ0) is 15.7. The van der Waals surface area contributed by atoms with Gasteiger partial charge in [0.25, 0.3) is 0 Å². The van der Waals surface area contributed by atoms with Crippen LogP contribution in [0.1, 0.15) is 48.0 Å². The molecule has 1 N–H and O–H groups in total. The Morgan fingerprint density at radius 2 is 1.62 bits per heavy atom. The zero-order valence-electron chi connectivity index (χ0n) is 13.5. The minimum atomic E-state index is -1.03. The normalized spacial score (nSPS) is 22.7. The molecule has 1 rings (SSSR count). The second-order valence-electron chi connectivity index (χ2n) is 7.07. The third-order valence-electron chi connectivity index (χ3n) is 2.70. The van der Waals surface area contributed by atoms with Gasteiger partial charge in [0.15, 0.2) is 0 Å². The summed E-state index contributed by atoms with van der Waals surface area (Å²) in [7, 11) is 0. The molecule has 1 aliphatic rings. The smallest absolute Gasteiger partial charge is 0.411 e. The molecule has 7 heteroatoms. The molecule has 1 amide bonds. The third-order valence-corrected chi connectivity index (χ3v) is 2.70. The molecule has 0 aliphatic carbocycles. The summed E-state index contributed by atoms with van der Waals surface area (Å²) in [6, 6.07) is -0.891. The molecular formula is C14H25MoNO5. The van der Waals surface area contributed by atoms with Crippen LogP contribution in [0.3, 0.4) is 0 Å². The van der Waals surface area contributed by atoms with E-state index in [9.17, 15) is 14.7 Å². The average molecular weight is 383 g/mol. The molecule has 0 bridgehead atoms. The van der Waals surface area contributed by atoms with Crippen LogP contribution in [0.4, 0.5) is 4.79 Å². The summed E-state index contributed by atoms with van der Waals surface area (Å²) >= 11 is 0. The Balaban J connectivity index is 0.00000400. The van der Waals surface area contributed by atoms with E-state index in [1.165, 1.54) is 4.90 Å². The summed E-state index contributed by atoms with van der Waals surface area (Å²) in [6.45, 7) is 11.2. The van der Waals surface area contributed by atoms with Gasteiger partial charge in [-0.1, -0.05) is 0 Å². The third kappa shape index (κ3) is 6.79. The number of hydrogen-bond acceptors (Lipinski definition) is 4. The number of carboxylic acid groups (broad SMARTS) is 1. The summed E-state index contributed by atoms with van der Waals surface area (Å²) in [4.78, 5) is 24.6. The Morgan fingerprint density at radius 3 is 2.00 bits per heavy atom. The number of likely N-dealkylation sites (tertiary alicyclic amines) is 1. The van der Waals surface area contributed by atoms with E-state index in [2.05, 4.69) is 0 Å². The van der Waals surface area contributed by atoms with Crippen LogP contribution < -0.4 is 0 Å². The van der Waals surface area contributed by atoms with E-state index >= 15 is 0 Å². The number of carbonyl (C=O) groups is 2. The van der Waals surface area contributed by atoms with Crippen LogP contribution in [0.5, 0.6) is 0 Å². The van der Waals surface area contributed by atoms with Gasteiger partial charge in [-0.05, 0) is 41.5 Å². The van der Waals surface area contributed by atoms with Crippen LogP contribution in [0, 0.1) is 0 Å². The number of aliphatic carboxylic acids is 1. The molecule has 0 saturated carbocycles. The van der Waals surface area contributed by atoms with Crippen molar-refractivity contribution in [1.82, 2.24) is 4.90 Å². The topological polar surface area (TPSA) is 76.1 Å². The largest absolute Gasteiger partial charge is 0.480 e. The molecule has 122 valence electrons. The van der Waals surface area contributed by atoms with Gasteiger partial charge in [0.05, 0.1) is 18.2 Å². The number of carboxylic acids is 1. The maximum atomic E-state index is 12.1. The second kappa shape index (κ2) is 7.10. The first-order valence-electron chi connectivity index (χ1n) is 6.79. The standard InChI is InChI=1S/C14H25NO5.Mo/c1-13(2,3)19-9-7-10(11(16)17)15(8-9)12(18)20-14(4,5)6;/h9-10H,7-8H2,1-6H3,(H,16,17);. The van der Waals surface area contributed by atoms with Crippen LogP contribution in [-0.2, 0) is 35.3 Å². The molecule has 0 aromatic carbocycles. The molecule has 0 radical (unpaired) electrons. The van der Waals surface area contributed by atoms with Crippen LogP contribution >= 0.6 is 0 Å². The molecule has 0 aromatic rings. The molecule has 1 saturated heterocycles. The second-order valence-corrected chi connectivity index (χ2v) is 7.07. The van der Waals surface area contributed by atoms with E-state index in [-0.39, 0.29) is 45.7 Å². The molecule has 1 heterocycles. The molecule has 2 atom stereocenters. The van der Waals surface area contributed by atoms with E-state index in [4.69, 9.17) is 9.47 Å². The van der Waals surface area contributed by atoms with Crippen molar-refractivity contribution >= 4 is 12.1 Å². The van der Waals surface area contributed by atoms with Crippen molar-refractivity contribution in [2.45, 2.75) is 71.3 Å². The molecular weight excluding hydrogens is 358 g/mol. The van der Waals surface area contributed by atoms with Crippen molar-refractivity contribution in [3.05, 3.63) is 0 Å². The van der Waals surface area contributed by atoms with Crippen molar-refractivity contribution in [3.8, 4) is 0 Å². The van der Waals surface area contributed by atoms with E-state index in [0.29, 0.717) is 0 Å². The van der Waals surface area contributed by atoms with Gasteiger partial charge in [-0.25, -0.2) is 9.59 Å². The summed E-state index contributed by atoms with van der Waals surface area (Å²) in [5, 5.41) is 9.24. The van der Waals surface area contributed by atoms with Gasteiger partial charge in [-0.3, -0.25) is 4.90 Å². The Bertz CT molecular complexity index is 386. The van der Waals surface area contributed by atoms with E-state index in [1.807, 2.05) is 20.8 Å². The Labute approximate surface area is 140 Å². The van der Waals surface area contributed by atoms with Gasteiger partial charge in [0.1, 0.15) is 11.6 Å². The quantitative estimate of drug-likeness (QED) is 0.741. The molecule has 1 fully saturated rings. The van der Waals surface area contributed by atoms with E-state index < -0.39 is 23.7 Å².